The Balaban J connectivity index is 2.19. The zero-order valence-electron chi connectivity index (χ0n) is 28.5. The second-order valence-electron chi connectivity index (χ2n) is 14.0. The zero-order valence-corrected chi connectivity index (χ0v) is 29.2. The summed E-state index contributed by atoms with van der Waals surface area (Å²) in [4.78, 5) is 25.9. The SMILES string of the molecule is C/C(=C\[C@H](C)C[C@H](O)[C@@H]1O[C@H]2C[C@H]1OC(=O)[C@@H](C)[C@H](O)C(=O)[C@@H](C)[C@H](C)/C=C/[C@H](O)[C@@H]2O)[C@H](O)[C@@H](C)[C@@H](O)[C@H](C)C[C@H](Cl)[C@@H](O)CO. The Kier molecular flexibility index (Phi) is 16.4. The molecule has 0 spiro atoms. The van der Waals surface area contributed by atoms with Gasteiger partial charge in [-0.2, -0.15) is 0 Å². The van der Waals surface area contributed by atoms with Gasteiger partial charge >= 0.3 is 5.97 Å². The quantitative estimate of drug-likeness (QED) is 0.0813. The Morgan fingerprint density at radius 1 is 0.979 bits per heavy atom. The number of ether oxygens (including phenoxy) is 2. The first-order chi connectivity index (χ1) is 21.8. The summed E-state index contributed by atoms with van der Waals surface area (Å²) < 4.78 is 11.6. The fourth-order valence-electron chi connectivity index (χ4n) is 6.35. The van der Waals surface area contributed by atoms with Gasteiger partial charge in [-0.25, -0.2) is 0 Å². The van der Waals surface area contributed by atoms with Crippen molar-refractivity contribution in [3.8, 4) is 0 Å². The van der Waals surface area contributed by atoms with Crippen LogP contribution in [0.1, 0.15) is 67.7 Å². The van der Waals surface area contributed by atoms with Crippen LogP contribution in [0.15, 0.2) is 23.8 Å². The van der Waals surface area contributed by atoms with Crippen LogP contribution in [-0.4, -0.2) is 126 Å². The van der Waals surface area contributed by atoms with E-state index in [0.717, 1.165) is 0 Å². The summed E-state index contributed by atoms with van der Waals surface area (Å²) >= 11 is 6.13. The molecule has 1 fully saturated rings. The molecular weight excluding hydrogens is 636 g/mol. The van der Waals surface area contributed by atoms with E-state index in [1.165, 1.54) is 13.0 Å². The van der Waals surface area contributed by atoms with Crippen molar-refractivity contribution in [3.63, 3.8) is 0 Å². The van der Waals surface area contributed by atoms with Gasteiger partial charge in [0, 0.05) is 18.3 Å². The summed E-state index contributed by atoms with van der Waals surface area (Å²) in [6.45, 7) is 11.1. The molecule has 0 amide bonds. The first-order valence-corrected chi connectivity index (χ1v) is 17.0. The number of aliphatic hydroxyl groups excluding tert-OH is 8. The van der Waals surface area contributed by atoms with E-state index in [1.54, 1.807) is 53.7 Å². The second-order valence-corrected chi connectivity index (χ2v) is 14.5. The van der Waals surface area contributed by atoms with E-state index in [9.17, 15) is 45.3 Å². The van der Waals surface area contributed by atoms with Crippen LogP contribution < -0.4 is 0 Å². The number of alkyl halides is 1. The van der Waals surface area contributed by atoms with E-state index < -0.39 is 108 Å². The number of ketones is 1. The highest BCUT2D eigenvalue weighted by Gasteiger charge is 2.47. The molecule has 17 atom stereocenters. The lowest BCUT2D eigenvalue weighted by Gasteiger charge is -2.31. The first-order valence-electron chi connectivity index (χ1n) is 16.6. The average Bonchev–Trinajstić information content (AvgIpc) is 3.46. The number of carbonyl (C=O) groups is 2. The molecule has 8 N–H and O–H groups in total. The Morgan fingerprint density at radius 3 is 2.19 bits per heavy atom. The van der Waals surface area contributed by atoms with E-state index in [-0.39, 0.29) is 31.1 Å². The van der Waals surface area contributed by atoms with Crippen molar-refractivity contribution >= 4 is 23.4 Å². The third-order valence-corrected chi connectivity index (χ3v) is 10.4. The molecule has 2 bridgehead atoms. The number of hydrogen-bond donors (Lipinski definition) is 8. The highest BCUT2D eigenvalue weighted by Crippen LogP contribution is 2.33. The lowest BCUT2D eigenvalue weighted by atomic mass is 9.83. The number of rotatable bonds is 12. The van der Waals surface area contributed by atoms with Crippen molar-refractivity contribution in [2.24, 2.45) is 35.5 Å². The topological polar surface area (TPSA) is 214 Å². The van der Waals surface area contributed by atoms with Gasteiger partial charge in [0.15, 0.2) is 5.78 Å². The molecule has 1 saturated heterocycles. The molecule has 0 aromatic carbocycles. The standard InChI is InChI=1S/C34H57ClO12/c1-15(10-17(3)28(40)20(6)29(41)18(4)12-22(35)25(39)14-36)11-24(38)33-27-13-26(46-33)32(44)23(37)9-8-16(2)19(5)30(42)31(43)21(7)34(45)47-27/h8-10,15-16,18-29,31-33,36-41,43-44H,11-14H2,1-7H3/b9-8+,17-10+/t15-,16+,18+,19-,20+,21-,22-,23-,24-,25-,26-,27+,28-,29-,31-,32-,33-/m0/s1. The molecule has 0 radical (unpaired) electrons. The number of hydrogen-bond acceptors (Lipinski definition) is 12. The molecule has 2 aliphatic rings. The van der Waals surface area contributed by atoms with Crippen LogP contribution in [0.5, 0.6) is 0 Å². The van der Waals surface area contributed by atoms with Gasteiger partial charge in [0.25, 0.3) is 0 Å². The molecule has 0 aromatic rings. The van der Waals surface area contributed by atoms with Crippen LogP contribution in [0.25, 0.3) is 0 Å². The van der Waals surface area contributed by atoms with Gasteiger partial charge in [0.05, 0.1) is 48.4 Å². The van der Waals surface area contributed by atoms with E-state index in [0.29, 0.717) is 5.57 Å². The van der Waals surface area contributed by atoms with Gasteiger partial charge in [-0.05, 0) is 50.0 Å². The van der Waals surface area contributed by atoms with Crippen LogP contribution in [-0.2, 0) is 19.1 Å². The van der Waals surface area contributed by atoms with E-state index in [4.69, 9.17) is 26.2 Å². The second kappa shape index (κ2) is 18.5. The normalized spacial score (nSPS) is 37.1. The molecule has 2 rings (SSSR count). The third-order valence-electron chi connectivity index (χ3n) is 9.98. The van der Waals surface area contributed by atoms with Gasteiger partial charge in [-0.1, -0.05) is 52.8 Å². The minimum absolute atomic E-state index is 0.0453. The highest BCUT2D eigenvalue weighted by atomic mass is 35.5. The maximum Gasteiger partial charge on any atom is 0.312 e. The number of fused-ring (bicyclic) bond motifs is 2. The van der Waals surface area contributed by atoms with Crippen LogP contribution in [0.4, 0.5) is 0 Å². The van der Waals surface area contributed by atoms with Gasteiger partial charge in [0.2, 0.25) is 0 Å². The highest BCUT2D eigenvalue weighted by molar-refractivity contribution is 6.21. The van der Waals surface area contributed by atoms with Gasteiger partial charge in [0.1, 0.15) is 30.5 Å². The van der Waals surface area contributed by atoms with Gasteiger partial charge in [-0.15, -0.1) is 11.6 Å². The number of Topliss-reactive ketones (excluding diaryl/α,β-unsaturated/α-hetero) is 1. The van der Waals surface area contributed by atoms with Crippen molar-refractivity contribution in [2.45, 2.75) is 134 Å². The van der Waals surface area contributed by atoms with Crippen molar-refractivity contribution in [1.82, 2.24) is 0 Å². The van der Waals surface area contributed by atoms with Crippen molar-refractivity contribution in [3.05, 3.63) is 23.8 Å². The molecule has 2 aliphatic heterocycles. The predicted molar refractivity (Wildman–Crippen MR) is 174 cm³/mol. The molecular formula is C34H57ClO12. The average molecular weight is 693 g/mol. The van der Waals surface area contributed by atoms with Crippen LogP contribution in [0, 0.1) is 35.5 Å². The lowest BCUT2D eigenvalue weighted by Crippen LogP contribution is -2.42. The summed E-state index contributed by atoms with van der Waals surface area (Å²) in [6, 6.07) is 0. The Hall–Kier alpha value is -1.45. The molecule has 47 heavy (non-hydrogen) atoms. The number of halogens is 1. The molecule has 272 valence electrons. The summed E-state index contributed by atoms with van der Waals surface area (Å²) in [5.74, 6) is -5.04. The smallest absolute Gasteiger partial charge is 0.312 e. The molecule has 12 nitrogen and oxygen atoms in total. The fourth-order valence-corrected chi connectivity index (χ4v) is 6.71. The van der Waals surface area contributed by atoms with Crippen LogP contribution in [0.3, 0.4) is 0 Å². The maximum absolute atomic E-state index is 13.1. The van der Waals surface area contributed by atoms with Crippen molar-refractivity contribution < 1.29 is 59.9 Å². The first kappa shape index (κ1) is 41.7. The molecule has 13 heteroatoms. The Labute approximate surface area is 283 Å². The van der Waals surface area contributed by atoms with E-state index in [1.807, 2.05) is 0 Å². The van der Waals surface area contributed by atoms with E-state index >= 15 is 0 Å². The molecule has 0 aliphatic carbocycles. The largest absolute Gasteiger partial charge is 0.459 e. The van der Waals surface area contributed by atoms with Crippen molar-refractivity contribution in [2.75, 3.05) is 6.61 Å². The van der Waals surface area contributed by atoms with Gasteiger partial charge in [-0.3, -0.25) is 9.59 Å². The van der Waals surface area contributed by atoms with Crippen LogP contribution in [0.2, 0.25) is 0 Å². The third kappa shape index (κ3) is 11.0. The molecule has 0 aromatic heterocycles. The Bertz CT molecular complexity index is 1070. The summed E-state index contributed by atoms with van der Waals surface area (Å²) in [7, 11) is 0. The van der Waals surface area contributed by atoms with E-state index in [2.05, 4.69) is 0 Å². The molecule has 0 unspecified atom stereocenters. The zero-order chi connectivity index (χ0) is 35.9. The predicted octanol–water partition coefficient (Wildman–Crippen LogP) is 0.864. The molecule has 0 saturated carbocycles. The minimum atomic E-state index is -1.62. The Morgan fingerprint density at radius 2 is 1.60 bits per heavy atom. The minimum Gasteiger partial charge on any atom is -0.459 e. The summed E-state index contributed by atoms with van der Waals surface area (Å²) in [6.07, 6.45) is -6.96. The number of aliphatic hydroxyl groups is 8. The van der Waals surface area contributed by atoms with Gasteiger partial charge < -0.3 is 50.3 Å². The number of carbonyl (C=O) groups excluding carboxylic acids is 2. The van der Waals surface area contributed by atoms with Crippen LogP contribution >= 0.6 is 11.6 Å². The number of esters is 1. The molecule has 2 heterocycles. The monoisotopic (exact) mass is 692 g/mol. The van der Waals surface area contributed by atoms with Crippen molar-refractivity contribution in [1.29, 1.82) is 0 Å². The fraction of sp³-hybridized carbons (Fsp3) is 0.824. The summed E-state index contributed by atoms with van der Waals surface area (Å²) in [5.41, 5.74) is 0.543. The number of allylic oxidation sites excluding steroid dienone is 2. The maximum atomic E-state index is 13.1. The summed E-state index contributed by atoms with van der Waals surface area (Å²) in [5, 5.41) is 83.4. The lowest BCUT2D eigenvalue weighted by molar-refractivity contribution is -0.167.